The summed E-state index contributed by atoms with van der Waals surface area (Å²) >= 11 is 6.17. The van der Waals surface area contributed by atoms with E-state index in [9.17, 15) is 9.18 Å². The number of alkyl carbamates (subject to hydrolysis) is 1. The van der Waals surface area contributed by atoms with Crippen molar-refractivity contribution in [1.82, 2.24) is 10.3 Å². The average molecular weight is 470 g/mol. The number of aromatic nitrogens is 1. The van der Waals surface area contributed by atoms with Crippen LogP contribution in [0.15, 0.2) is 72.6 Å². The van der Waals surface area contributed by atoms with Crippen LogP contribution in [0, 0.1) is 11.4 Å². The number of carbonyl (C=O) groups is 1. The largest absolute Gasteiger partial charge is 0.441 e. The Kier molecular flexibility index (Phi) is 7.73. The normalized spacial score (nSPS) is 12.5. The molecule has 2 N–H and O–H groups in total. The lowest BCUT2D eigenvalue weighted by Crippen LogP contribution is -2.28. The van der Waals surface area contributed by atoms with Gasteiger partial charge >= 0.3 is 6.09 Å². The summed E-state index contributed by atoms with van der Waals surface area (Å²) in [6, 6.07) is 17.5. The van der Waals surface area contributed by atoms with Gasteiger partial charge in [0.05, 0.1) is 11.4 Å². The van der Waals surface area contributed by atoms with Crippen LogP contribution in [0.25, 0.3) is 16.4 Å². The van der Waals surface area contributed by atoms with E-state index in [1.165, 1.54) is 12.3 Å². The number of halogens is 2. The van der Waals surface area contributed by atoms with E-state index in [4.69, 9.17) is 21.7 Å². The highest BCUT2D eigenvalue weighted by atomic mass is 35.5. The van der Waals surface area contributed by atoms with Gasteiger partial charge < -0.3 is 10.1 Å². The Bertz CT molecular complexity index is 1160. The number of nitrogens with zero attached hydrogens (tertiary/aromatic N) is 1. The van der Waals surface area contributed by atoms with Crippen molar-refractivity contribution in [1.29, 1.82) is 5.41 Å². The highest BCUT2D eigenvalue weighted by Crippen LogP contribution is 2.29. The van der Waals surface area contributed by atoms with Crippen molar-refractivity contribution in [2.75, 3.05) is 0 Å². The molecule has 0 saturated heterocycles. The van der Waals surface area contributed by atoms with Crippen LogP contribution in [-0.2, 0) is 4.74 Å². The van der Waals surface area contributed by atoms with Gasteiger partial charge in [-0.1, -0.05) is 54.1 Å². The molecule has 3 rings (SSSR count). The quantitative estimate of drug-likeness (QED) is 0.242. The molecule has 0 aliphatic rings. The van der Waals surface area contributed by atoms with Crippen LogP contribution in [0.4, 0.5) is 9.18 Å². The lowest BCUT2D eigenvalue weighted by atomic mass is 10.0. The number of pyridine rings is 1. The van der Waals surface area contributed by atoms with E-state index in [0.717, 1.165) is 16.7 Å². The molecule has 0 bridgehead atoms. The number of benzene rings is 2. The van der Waals surface area contributed by atoms with Crippen LogP contribution in [-0.4, -0.2) is 16.8 Å². The molecule has 0 aliphatic heterocycles. The van der Waals surface area contributed by atoms with E-state index in [1.807, 2.05) is 30.3 Å². The Morgan fingerprint density at radius 2 is 1.78 bits per heavy atom. The second-order valence-electron chi connectivity index (χ2n) is 7.05. The minimum absolute atomic E-state index is 0.171. The molecule has 0 aliphatic carbocycles. The Hall–Kier alpha value is -3.08. The minimum atomic E-state index is -0.687. The van der Waals surface area contributed by atoms with E-state index >= 15 is 0 Å². The third kappa shape index (κ3) is 5.78. The maximum atomic E-state index is 13.0. The zero-order valence-electron chi connectivity index (χ0n) is 17.5. The Labute approximate surface area is 193 Å². The molecule has 2 atom stereocenters. The van der Waals surface area contributed by atoms with Crippen LogP contribution >= 0.6 is 20.8 Å². The Morgan fingerprint density at radius 3 is 2.38 bits per heavy atom. The lowest BCUT2D eigenvalue weighted by Gasteiger charge is -2.18. The summed E-state index contributed by atoms with van der Waals surface area (Å²) in [6.07, 6.45) is 0.215. The second kappa shape index (κ2) is 10.5. The highest BCUT2D eigenvalue weighted by Gasteiger charge is 2.17. The predicted molar refractivity (Wildman–Crippen MR) is 129 cm³/mol. The molecule has 2 unspecified atom stereocenters. The van der Waals surface area contributed by atoms with Gasteiger partial charge in [-0.25, -0.2) is 9.78 Å². The van der Waals surface area contributed by atoms with Crippen molar-refractivity contribution >= 4 is 38.0 Å². The number of ether oxygens (including phenoxy) is 1. The first kappa shape index (κ1) is 23.6. The molecule has 1 heterocycles. The fraction of sp³-hybridized carbons (Fsp3) is 0.125. The molecule has 0 saturated carbocycles. The smallest absolute Gasteiger partial charge is 0.412 e. The van der Waals surface area contributed by atoms with Gasteiger partial charge in [-0.3, -0.25) is 5.32 Å². The molecule has 164 valence electrons. The van der Waals surface area contributed by atoms with Gasteiger partial charge in [0, 0.05) is 27.7 Å². The number of hydrogen-bond donors (Lipinski definition) is 2. The van der Waals surface area contributed by atoms with Gasteiger partial charge in [-0.05, 0) is 43.2 Å². The van der Waals surface area contributed by atoms with Crippen molar-refractivity contribution in [3.63, 3.8) is 0 Å². The third-order valence-electron chi connectivity index (χ3n) is 4.76. The number of amides is 1. The SMILES string of the molecule is CC(=N)/C(NC(=O)OC(C)c1ccccc1Cl)=C(\P)c1ccc(-c2ccc(F)nc2)cc1. The molecular weight excluding hydrogens is 448 g/mol. The second-order valence-corrected chi connectivity index (χ2v) is 8.04. The van der Waals surface area contributed by atoms with E-state index in [1.54, 1.807) is 38.1 Å². The van der Waals surface area contributed by atoms with Crippen molar-refractivity contribution < 1.29 is 13.9 Å². The van der Waals surface area contributed by atoms with Gasteiger partial charge in [0.15, 0.2) is 0 Å². The van der Waals surface area contributed by atoms with Gasteiger partial charge in [0.1, 0.15) is 6.10 Å². The summed E-state index contributed by atoms with van der Waals surface area (Å²) in [4.78, 5) is 16.2. The number of rotatable bonds is 6. The fourth-order valence-electron chi connectivity index (χ4n) is 3.06. The molecule has 3 aromatic rings. The van der Waals surface area contributed by atoms with E-state index in [0.29, 0.717) is 21.6 Å². The van der Waals surface area contributed by atoms with Crippen molar-refractivity contribution in [2.24, 2.45) is 0 Å². The first-order chi connectivity index (χ1) is 15.3. The summed E-state index contributed by atoms with van der Waals surface area (Å²) in [7, 11) is 2.56. The minimum Gasteiger partial charge on any atom is -0.441 e. The maximum Gasteiger partial charge on any atom is 0.412 e. The van der Waals surface area contributed by atoms with E-state index in [-0.39, 0.29) is 5.71 Å². The van der Waals surface area contributed by atoms with Crippen molar-refractivity contribution in [3.8, 4) is 11.1 Å². The van der Waals surface area contributed by atoms with Gasteiger partial charge in [0.2, 0.25) is 5.95 Å². The van der Waals surface area contributed by atoms with Crippen LogP contribution in [0.1, 0.15) is 31.1 Å². The standard InChI is InChI=1S/C24H22ClFN3O2P/c1-14(27)22(29-24(30)31-15(2)19-5-3-4-6-20(19)25)23(32)17-9-7-16(8-10-17)18-11-12-21(26)28-13-18/h3-13,15,27H,32H2,1-2H3,(H,29,30)/b23-22+,27-14?. The van der Waals surface area contributed by atoms with Gasteiger partial charge in [-0.15, -0.1) is 9.24 Å². The molecule has 5 nitrogen and oxygen atoms in total. The highest BCUT2D eigenvalue weighted by molar-refractivity contribution is 7.31. The number of nitrogens with one attached hydrogen (secondary N) is 2. The number of allylic oxidation sites excluding steroid dienone is 1. The molecule has 1 amide bonds. The van der Waals surface area contributed by atoms with Crippen LogP contribution in [0.2, 0.25) is 5.02 Å². The molecule has 2 aromatic carbocycles. The molecule has 32 heavy (non-hydrogen) atoms. The third-order valence-corrected chi connectivity index (χ3v) is 5.72. The van der Waals surface area contributed by atoms with Gasteiger partial charge in [-0.2, -0.15) is 4.39 Å². The van der Waals surface area contributed by atoms with E-state index in [2.05, 4.69) is 19.5 Å². The molecule has 8 heteroatoms. The molecule has 1 aromatic heterocycles. The monoisotopic (exact) mass is 469 g/mol. The summed E-state index contributed by atoms with van der Waals surface area (Å²) in [5.74, 6) is -0.534. The zero-order chi connectivity index (χ0) is 23.3. The maximum absolute atomic E-state index is 13.0. The molecule has 0 radical (unpaired) electrons. The van der Waals surface area contributed by atoms with E-state index < -0.39 is 18.1 Å². The summed E-state index contributed by atoms with van der Waals surface area (Å²) in [5, 5.41) is 11.9. The number of hydrogen-bond acceptors (Lipinski definition) is 4. The summed E-state index contributed by atoms with van der Waals surface area (Å²) in [6.45, 7) is 3.31. The van der Waals surface area contributed by atoms with Crippen LogP contribution < -0.4 is 5.32 Å². The zero-order valence-corrected chi connectivity index (χ0v) is 19.4. The molecular formula is C24H22ClFN3O2P. The number of carbonyl (C=O) groups excluding carboxylic acids is 1. The van der Waals surface area contributed by atoms with Crippen LogP contribution in [0.3, 0.4) is 0 Å². The van der Waals surface area contributed by atoms with Crippen molar-refractivity contribution in [3.05, 3.63) is 94.7 Å². The first-order valence-corrected chi connectivity index (χ1v) is 10.7. The lowest BCUT2D eigenvalue weighted by molar-refractivity contribution is 0.110. The molecule has 0 fully saturated rings. The van der Waals surface area contributed by atoms with Gasteiger partial charge in [0.25, 0.3) is 0 Å². The Balaban J connectivity index is 1.78. The fourth-order valence-corrected chi connectivity index (χ4v) is 3.83. The summed E-state index contributed by atoms with van der Waals surface area (Å²) in [5.41, 5.74) is 3.62. The first-order valence-electron chi connectivity index (χ1n) is 9.76. The topological polar surface area (TPSA) is 75.1 Å². The predicted octanol–water partition coefficient (Wildman–Crippen LogP) is 6.61. The average Bonchev–Trinajstić information content (AvgIpc) is 2.77. The summed E-state index contributed by atoms with van der Waals surface area (Å²) < 4.78 is 18.5. The van der Waals surface area contributed by atoms with Crippen molar-refractivity contribution in [2.45, 2.75) is 20.0 Å². The van der Waals surface area contributed by atoms with Crippen LogP contribution in [0.5, 0.6) is 0 Å². The molecule has 0 spiro atoms. The Morgan fingerprint density at radius 1 is 1.12 bits per heavy atom.